The van der Waals surface area contributed by atoms with E-state index in [1.54, 1.807) is 0 Å². The Labute approximate surface area is 91.4 Å². The van der Waals surface area contributed by atoms with Gasteiger partial charge in [0.2, 0.25) is 0 Å². The fourth-order valence-corrected chi connectivity index (χ4v) is 3.25. The fraction of sp³-hybridized carbons (Fsp3) is 1.00. The standard InChI is InChI=1S/C11H21NOS/c1-9(2)12-6-4-11(5-7-12)8-10(13-11)14-3/h9-10H,4-8H2,1-3H3. The van der Waals surface area contributed by atoms with Crippen molar-refractivity contribution in [3.8, 4) is 0 Å². The van der Waals surface area contributed by atoms with Crippen molar-refractivity contribution < 1.29 is 4.74 Å². The number of likely N-dealkylation sites (tertiary alicyclic amines) is 1. The van der Waals surface area contributed by atoms with Crippen LogP contribution < -0.4 is 0 Å². The van der Waals surface area contributed by atoms with E-state index in [-0.39, 0.29) is 5.60 Å². The van der Waals surface area contributed by atoms with E-state index in [1.165, 1.54) is 32.4 Å². The van der Waals surface area contributed by atoms with E-state index >= 15 is 0 Å². The lowest BCUT2D eigenvalue weighted by atomic mass is 9.84. The summed E-state index contributed by atoms with van der Waals surface area (Å²) in [4.78, 5) is 2.56. The number of rotatable bonds is 2. The molecule has 2 fully saturated rings. The molecule has 2 saturated heterocycles. The minimum Gasteiger partial charge on any atom is -0.361 e. The molecule has 2 nitrogen and oxygen atoms in total. The van der Waals surface area contributed by atoms with Crippen LogP contribution in [0, 0.1) is 0 Å². The van der Waals surface area contributed by atoms with E-state index in [4.69, 9.17) is 4.74 Å². The lowest BCUT2D eigenvalue weighted by Gasteiger charge is -2.52. The summed E-state index contributed by atoms with van der Waals surface area (Å²) >= 11 is 1.85. The van der Waals surface area contributed by atoms with Gasteiger partial charge in [-0.3, -0.25) is 0 Å². The highest BCUT2D eigenvalue weighted by molar-refractivity contribution is 7.99. The van der Waals surface area contributed by atoms with Crippen LogP contribution in [0.2, 0.25) is 0 Å². The van der Waals surface area contributed by atoms with E-state index in [9.17, 15) is 0 Å². The topological polar surface area (TPSA) is 12.5 Å². The summed E-state index contributed by atoms with van der Waals surface area (Å²) in [6, 6.07) is 0.698. The first-order valence-corrected chi connectivity index (χ1v) is 6.89. The third-order valence-corrected chi connectivity index (χ3v) is 4.41. The highest BCUT2D eigenvalue weighted by atomic mass is 32.2. The quantitative estimate of drug-likeness (QED) is 0.701. The summed E-state index contributed by atoms with van der Waals surface area (Å²) < 4.78 is 5.98. The molecule has 0 aliphatic carbocycles. The van der Waals surface area contributed by atoms with E-state index in [2.05, 4.69) is 25.0 Å². The maximum atomic E-state index is 5.98. The first kappa shape index (κ1) is 10.8. The lowest BCUT2D eigenvalue weighted by Crippen LogP contribution is -2.56. The molecular formula is C11H21NOS. The van der Waals surface area contributed by atoms with Gasteiger partial charge in [-0.2, -0.15) is 0 Å². The molecule has 0 radical (unpaired) electrons. The van der Waals surface area contributed by atoms with Crippen LogP contribution in [0.15, 0.2) is 0 Å². The smallest absolute Gasteiger partial charge is 0.106 e. The highest BCUT2D eigenvalue weighted by Crippen LogP contribution is 2.44. The third-order valence-electron chi connectivity index (χ3n) is 3.62. The minimum atomic E-state index is 0.277. The van der Waals surface area contributed by atoms with Gasteiger partial charge in [-0.1, -0.05) is 0 Å². The van der Waals surface area contributed by atoms with Crippen LogP contribution in [-0.4, -0.2) is 41.3 Å². The maximum absolute atomic E-state index is 5.98. The molecule has 2 rings (SSSR count). The first-order chi connectivity index (χ1) is 6.65. The van der Waals surface area contributed by atoms with Gasteiger partial charge in [-0.15, -0.1) is 11.8 Å². The Balaban J connectivity index is 1.80. The minimum absolute atomic E-state index is 0.277. The molecular weight excluding hydrogens is 194 g/mol. The molecule has 1 atom stereocenters. The molecule has 2 aliphatic heterocycles. The number of piperidine rings is 1. The summed E-state index contributed by atoms with van der Waals surface area (Å²) in [6.07, 6.45) is 5.89. The average Bonchev–Trinajstić information content (AvgIpc) is 2.14. The van der Waals surface area contributed by atoms with Gasteiger partial charge in [0.1, 0.15) is 5.44 Å². The fourth-order valence-electron chi connectivity index (χ4n) is 2.47. The van der Waals surface area contributed by atoms with Gasteiger partial charge in [0.15, 0.2) is 0 Å². The summed E-state index contributed by atoms with van der Waals surface area (Å²) in [5, 5.41) is 0. The van der Waals surface area contributed by atoms with Crippen molar-refractivity contribution in [2.45, 2.75) is 50.2 Å². The Kier molecular flexibility index (Phi) is 3.10. The number of nitrogens with zero attached hydrogens (tertiary/aromatic N) is 1. The number of thioether (sulfide) groups is 1. The molecule has 0 N–H and O–H groups in total. The van der Waals surface area contributed by atoms with Crippen LogP contribution in [0.25, 0.3) is 0 Å². The van der Waals surface area contributed by atoms with Gasteiger partial charge in [0.25, 0.3) is 0 Å². The van der Waals surface area contributed by atoms with Crippen molar-refractivity contribution in [2.24, 2.45) is 0 Å². The van der Waals surface area contributed by atoms with Crippen LogP contribution in [0.4, 0.5) is 0 Å². The van der Waals surface area contributed by atoms with Crippen molar-refractivity contribution >= 4 is 11.8 Å². The second-order valence-electron chi connectivity index (χ2n) is 4.80. The normalized spacial score (nSPS) is 32.1. The van der Waals surface area contributed by atoms with Gasteiger partial charge in [0, 0.05) is 25.6 Å². The molecule has 14 heavy (non-hydrogen) atoms. The number of hydrogen-bond acceptors (Lipinski definition) is 3. The molecule has 2 aliphatic rings. The van der Waals surface area contributed by atoms with Crippen molar-refractivity contribution in [3.05, 3.63) is 0 Å². The SMILES string of the molecule is CSC1CC2(CCN(C(C)C)CC2)O1. The lowest BCUT2D eigenvalue weighted by molar-refractivity contribution is -0.190. The van der Waals surface area contributed by atoms with Crippen LogP contribution in [0.3, 0.4) is 0 Å². The third kappa shape index (κ3) is 1.95. The van der Waals surface area contributed by atoms with Crippen LogP contribution in [0.1, 0.15) is 33.1 Å². The maximum Gasteiger partial charge on any atom is 0.106 e. The Morgan fingerprint density at radius 2 is 1.93 bits per heavy atom. The first-order valence-electron chi connectivity index (χ1n) is 5.60. The molecule has 0 amide bonds. The Bertz CT molecular complexity index is 191. The molecule has 0 aromatic heterocycles. The zero-order chi connectivity index (χ0) is 10.2. The second kappa shape index (κ2) is 4.03. The predicted molar refractivity (Wildman–Crippen MR) is 61.7 cm³/mol. The Morgan fingerprint density at radius 1 is 1.36 bits per heavy atom. The summed E-state index contributed by atoms with van der Waals surface area (Å²) in [6.45, 7) is 7.01. The number of hydrogen-bond donors (Lipinski definition) is 0. The van der Waals surface area contributed by atoms with Gasteiger partial charge in [0.05, 0.1) is 5.60 Å². The van der Waals surface area contributed by atoms with E-state index < -0.39 is 0 Å². The van der Waals surface area contributed by atoms with Gasteiger partial charge in [-0.05, 0) is 32.9 Å². The zero-order valence-corrected chi connectivity index (χ0v) is 10.3. The molecule has 0 bridgehead atoms. The van der Waals surface area contributed by atoms with E-state index in [0.29, 0.717) is 11.5 Å². The average molecular weight is 215 g/mol. The van der Waals surface area contributed by atoms with Crippen molar-refractivity contribution in [1.82, 2.24) is 4.90 Å². The molecule has 3 heteroatoms. The van der Waals surface area contributed by atoms with Gasteiger partial charge in [-0.25, -0.2) is 0 Å². The molecule has 0 aromatic carbocycles. The zero-order valence-electron chi connectivity index (χ0n) is 9.45. The van der Waals surface area contributed by atoms with E-state index in [0.717, 1.165) is 0 Å². The largest absolute Gasteiger partial charge is 0.361 e. The molecule has 2 heterocycles. The van der Waals surface area contributed by atoms with Crippen molar-refractivity contribution in [3.63, 3.8) is 0 Å². The Hall–Kier alpha value is 0.270. The van der Waals surface area contributed by atoms with Crippen molar-refractivity contribution in [2.75, 3.05) is 19.3 Å². The predicted octanol–water partition coefficient (Wildman–Crippen LogP) is 2.34. The molecule has 0 saturated carbocycles. The molecule has 82 valence electrons. The summed E-state index contributed by atoms with van der Waals surface area (Å²) in [7, 11) is 0. The van der Waals surface area contributed by atoms with E-state index in [1.807, 2.05) is 11.8 Å². The second-order valence-corrected chi connectivity index (χ2v) is 5.80. The Morgan fingerprint density at radius 3 is 2.36 bits per heavy atom. The summed E-state index contributed by atoms with van der Waals surface area (Å²) in [5.74, 6) is 0. The van der Waals surface area contributed by atoms with Crippen LogP contribution >= 0.6 is 11.8 Å². The van der Waals surface area contributed by atoms with Crippen LogP contribution in [-0.2, 0) is 4.74 Å². The highest BCUT2D eigenvalue weighted by Gasteiger charge is 2.46. The van der Waals surface area contributed by atoms with Crippen LogP contribution in [0.5, 0.6) is 0 Å². The summed E-state index contributed by atoms with van der Waals surface area (Å²) in [5.41, 5.74) is 0.764. The number of ether oxygens (including phenoxy) is 1. The molecule has 1 unspecified atom stereocenters. The molecule has 0 aromatic rings. The van der Waals surface area contributed by atoms with Crippen molar-refractivity contribution in [1.29, 1.82) is 0 Å². The van der Waals surface area contributed by atoms with Gasteiger partial charge >= 0.3 is 0 Å². The molecule has 1 spiro atoms. The monoisotopic (exact) mass is 215 g/mol. The van der Waals surface area contributed by atoms with Gasteiger partial charge < -0.3 is 9.64 Å².